The molecule has 12 heavy (non-hydrogen) atoms. The van der Waals surface area contributed by atoms with Crippen molar-refractivity contribution in [2.24, 2.45) is 0 Å². The standard InChI is InChI=1S/C8H16N4/c1-2-4-9-5-3-6-12-7-10-11-8-12/h7-9H,2-6H2,1H3. The Balaban J connectivity index is 1.96. The van der Waals surface area contributed by atoms with E-state index in [1.807, 2.05) is 4.57 Å². The predicted molar refractivity (Wildman–Crippen MR) is 47.8 cm³/mol. The van der Waals surface area contributed by atoms with Crippen LogP contribution in [0, 0.1) is 0 Å². The van der Waals surface area contributed by atoms with Gasteiger partial charge in [0.15, 0.2) is 0 Å². The van der Waals surface area contributed by atoms with Crippen molar-refractivity contribution in [2.75, 3.05) is 13.1 Å². The smallest absolute Gasteiger partial charge is 0.119 e. The third-order valence-electron chi connectivity index (χ3n) is 1.66. The highest BCUT2D eigenvalue weighted by atomic mass is 15.2. The Morgan fingerprint density at radius 2 is 2.00 bits per heavy atom. The first-order valence-corrected chi connectivity index (χ1v) is 4.46. The number of nitrogens with zero attached hydrogens (tertiary/aromatic N) is 3. The van der Waals surface area contributed by atoms with Crippen molar-refractivity contribution in [3.63, 3.8) is 0 Å². The molecule has 0 spiro atoms. The average Bonchev–Trinajstić information content (AvgIpc) is 2.57. The topological polar surface area (TPSA) is 42.7 Å². The fraction of sp³-hybridized carbons (Fsp3) is 0.750. The molecule has 0 aliphatic heterocycles. The van der Waals surface area contributed by atoms with Crippen LogP contribution < -0.4 is 5.32 Å². The van der Waals surface area contributed by atoms with Gasteiger partial charge in [0.05, 0.1) is 0 Å². The molecule has 4 nitrogen and oxygen atoms in total. The van der Waals surface area contributed by atoms with Gasteiger partial charge in [-0.05, 0) is 25.9 Å². The highest BCUT2D eigenvalue weighted by molar-refractivity contribution is 4.60. The minimum atomic E-state index is 1.00. The molecule has 0 atom stereocenters. The van der Waals surface area contributed by atoms with Crippen LogP contribution in [0.25, 0.3) is 0 Å². The Kier molecular flexibility index (Phi) is 4.37. The number of nitrogens with one attached hydrogen (secondary N) is 1. The highest BCUT2D eigenvalue weighted by Gasteiger charge is 1.89. The summed E-state index contributed by atoms with van der Waals surface area (Å²) in [5.74, 6) is 0. The molecule has 4 heteroatoms. The van der Waals surface area contributed by atoms with Crippen LogP contribution in [0.4, 0.5) is 0 Å². The van der Waals surface area contributed by atoms with Crippen molar-refractivity contribution in [1.82, 2.24) is 20.1 Å². The molecule has 0 aromatic carbocycles. The third kappa shape index (κ3) is 3.48. The summed E-state index contributed by atoms with van der Waals surface area (Å²) >= 11 is 0. The van der Waals surface area contributed by atoms with Crippen LogP contribution in [0.3, 0.4) is 0 Å². The molecule has 0 aliphatic rings. The van der Waals surface area contributed by atoms with Gasteiger partial charge in [0.1, 0.15) is 12.7 Å². The molecular weight excluding hydrogens is 152 g/mol. The van der Waals surface area contributed by atoms with E-state index in [0.717, 1.165) is 26.1 Å². The molecule has 1 aromatic heterocycles. The summed E-state index contributed by atoms with van der Waals surface area (Å²) in [6.45, 7) is 5.37. The summed E-state index contributed by atoms with van der Waals surface area (Å²) in [5, 5.41) is 10.8. The Morgan fingerprint density at radius 3 is 2.67 bits per heavy atom. The molecule has 1 aromatic rings. The molecule has 1 N–H and O–H groups in total. The maximum atomic E-state index is 3.73. The summed E-state index contributed by atoms with van der Waals surface area (Å²) < 4.78 is 1.99. The van der Waals surface area contributed by atoms with Crippen molar-refractivity contribution in [2.45, 2.75) is 26.3 Å². The summed E-state index contributed by atoms with van der Waals surface area (Å²) in [4.78, 5) is 0. The van der Waals surface area contributed by atoms with E-state index in [1.165, 1.54) is 6.42 Å². The van der Waals surface area contributed by atoms with Gasteiger partial charge in [-0.3, -0.25) is 0 Å². The van der Waals surface area contributed by atoms with E-state index >= 15 is 0 Å². The molecule has 0 amide bonds. The van der Waals surface area contributed by atoms with E-state index in [-0.39, 0.29) is 0 Å². The summed E-state index contributed by atoms with van der Waals surface area (Å²) in [6, 6.07) is 0. The van der Waals surface area contributed by atoms with Crippen molar-refractivity contribution >= 4 is 0 Å². The molecule has 0 saturated carbocycles. The van der Waals surface area contributed by atoms with Crippen molar-refractivity contribution < 1.29 is 0 Å². The van der Waals surface area contributed by atoms with Gasteiger partial charge in [-0.1, -0.05) is 6.92 Å². The Hall–Kier alpha value is -0.900. The van der Waals surface area contributed by atoms with E-state index < -0.39 is 0 Å². The highest BCUT2D eigenvalue weighted by Crippen LogP contribution is 1.86. The zero-order valence-corrected chi connectivity index (χ0v) is 7.53. The quantitative estimate of drug-likeness (QED) is 0.635. The van der Waals surface area contributed by atoms with E-state index in [0.29, 0.717) is 0 Å². The van der Waals surface area contributed by atoms with Gasteiger partial charge in [-0.15, -0.1) is 10.2 Å². The summed E-state index contributed by atoms with van der Waals surface area (Å²) in [7, 11) is 0. The summed E-state index contributed by atoms with van der Waals surface area (Å²) in [5.41, 5.74) is 0. The molecule has 0 bridgehead atoms. The molecule has 68 valence electrons. The second-order valence-corrected chi connectivity index (χ2v) is 2.80. The zero-order chi connectivity index (χ0) is 8.65. The molecule has 0 saturated heterocycles. The Morgan fingerprint density at radius 1 is 1.25 bits per heavy atom. The van der Waals surface area contributed by atoms with Crippen LogP contribution >= 0.6 is 0 Å². The molecule has 1 heterocycles. The SMILES string of the molecule is CCCNCCCn1cnnc1. The Bertz CT molecular complexity index is 183. The third-order valence-corrected chi connectivity index (χ3v) is 1.66. The monoisotopic (exact) mass is 168 g/mol. The second-order valence-electron chi connectivity index (χ2n) is 2.80. The molecule has 1 rings (SSSR count). The van der Waals surface area contributed by atoms with Gasteiger partial charge in [-0.25, -0.2) is 0 Å². The Labute approximate surface area is 73.0 Å². The maximum Gasteiger partial charge on any atom is 0.119 e. The minimum absolute atomic E-state index is 1.00. The first-order chi connectivity index (χ1) is 5.93. The van der Waals surface area contributed by atoms with Crippen LogP contribution in [0.15, 0.2) is 12.7 Å². The minimum Gasteiger partial charge on any atom is -0.320 e. The van der Waals surface area contributed by atoms with Crippen molar-refractivity contribution in [3.05, 3.63) is 12.7 Å². The summed E-state index contributed by atoms with van der Waals surface area (Å²) in [6.07, 6.45) is 5.84. The molecule has 0 radical (unpaired) electrons. The van der Waals surface area contributed by atoms with E-state index in [9.17, 15) is 0 Å². The zero-order valence-electron chi connectivity index (χ0n) is 7.53. The lowest BCUT2D eigenvalue weighted by Gasteiger charge is -2.02. The molecule has 0 fully saturated rings. The lowest BCUT2D eigenvalue weighted by atomic mass is 10.4. The maximum absolute atomic E-state index is 3.73. The molecular formula is C8H16N4. The van der Waals surface area contributed by atoms with Gasteiger partial charge < -0.3 is 9.88 Å². The second kappa shape index (κ2) is 5.71. The molecule has 0 aliphatic carbocycles. The van der Waals surface area contributed by atoms with Crippen LogP contribution in [-0.2, 0) is 6.54 Å². The fourth-order valence-corrected chi connectivity index (χ4v) is 1.03. The van der Waals surface area contributed by atoms with Crippen LogP contribution in [0.5, 0.6) is 0 Å². The largest absolute Gasteiger partial charge is 0.320 e. The number of aromatic nitrogens is 3. The predicted octanol–water partition coefficient (Wildman–Crippen LogP) is 0.668. The van der Waals surface area contributed by atoms with Crippen LogP contribution in [0.2, 0.25) is 0 Å². The van der Waals surface area contributed by atoms with Crippen LogP contribution in [-0.4, -0.2) is 27.9 Å². The first-order valence-electron chi connectivity index (χ1n) is 4.46. The van der Waals surface area contributed by atoms with E-state index in [2.05, 4.69) is 22.4 Å². The number of hydrogen-bond acceptors (Lipinski definition) is 3. The average molecular weight is 168 g/mol. The number of hydrogen-bond donors (Lipinski definition) is 1. The number of aryl methyl sites for hydroxylation is 1. The van der Waals surface area contributed by atoms with Crippen LogP contribution in [0.1, 0.15) is 19.8 Å². The van der Waals surface area contributed by atoms with Gasteiger partial charge in [0.2, 0.25) is 0 Å². The van der Waals surface area contributed by atoms with Gasteiger partial charge in [0, 0.05) is 6.54 Å². The van der Waals surface area contributed by atoms with E-state index in [1.54, 1.807) is 12.7 Å². The lowest BCUT2D eigenvalue weighted by Crippen LogP contribution is -2.17. The van der Waals surface area contributed by atoms with Gasteiger partial charge in [-0.2, -0.15) is 0 Å². The fourth-order valence-electron chi connectivity index (χ4n) is 1.03. The molecule has 0 unspecified atom stereocenters. The normalized spacial score (nSPS) is 10.4. The lowest BCUT2D eigenvalue weighted by molar-refractivity contribution is 0.577. The first kappa shape index (κ1) is 9.19. The van der Waals surface area contributed by atoms with Crippen molar-refractivity contribution in [1.29, 1.82) is 0 Å². The van der Waals surface area contributed by atoms with E-state index in [4.69, 9.17) is 0 Å². The number of rotatable bonds is 6. The van der Waals surface area contributed by atoms with Gasteiger partial charge in [0.25, 0.3) is 0 Å². The van der Waals surface area contributed by atoms with Crippen molar-refractivity contribution in [3.8, 4) is 0 Å². The van der Waals surface area contributed by atoms with Gasteiger partial charge >= 0.3 is 0 Å².